The second-order valence-electron chi connectivity index (χ2n) is 9.90. The van der Waals surface area contributed by atoms with E-state index in [1.165, 1.54) is 22.4 Å². The molecule has 1 aromatic carbocycles. The van der Waals surface area contributed by atoms with Gasteiger partial charge in [0, 0.05) is 31.7 Å². The van der Waals surface area contributed by atoms with E-state index in [0.717, 1.165) is 17.8 Å². The number of hydrogen-bond donors (Lipinski definition) is 1. The van der Waals surface area contributed by atoms with Crippen LogP contribution in [0.2, 0.25) is 0 Å². The fraction of sp³-hybridized carbons (Fsp3) is 0.444. The van der Waals surface area contributed by atoms with E-state index < -0.39 is 0 Å². The van der Waals surface area contributed by atoms with Crippen LogP contribution in [0.25, 0.3) is 11.3 Å². The molecule has 1 heterocycles. The monoisotopic (exact) mass is 409 g/mol. The van der Waals surface area contributed by atoms with Gasteiger partial charge in [0.15, 0.2) is 0 Å². The highest BCUT2D eigenvalue weighted by atomic mass is 15.3. The van der Waals surface area contributed by atoms with Gasteiger partial charge in [0.2, 0.25) is 0 Å². The lowest BCUT2D eigenvalue weighted by Crippen LogP contribution is -2.16. The van der Waals surface area contributed by atoms with Crippen LogP contribution < -0.4 is 5.32 Å². The van der Waals surface area contributed by atoms with Gasteiger partial charge in [-0.2, -0.15) is 5.10 Å². The molecular formula is C27H43N3. The standard InChI is InChI=1S/C14H18N2.C13H23N.H2/c1-14(2,3)13-10-12(15-16(13)4)11-8-6-5-7-9-11;1-10(9-14-7)8-11(2)12(3)13(4,5)6;/h5-10H,1-4H3;8,14H,1,3,9H2,2,4-7H3;1H/b;11-8-;. The van der Waals surface area contributed by atoms with E-state index in [4.69, 9.17) is 0 Å². The molecule has 3 nitrogen and oxygen atoms in total. The molecule has 166 valence electrons. The van der Waals surface area contributed by atoms with E-state index in [9.17, 15) is 0 Å². The third-order valence-corrected chi connectivity index (χ3v) is 4.92. The summed E-state index contributed by atoms with van der Waals surface area (Å²) in [4.78, 5) is 0. The minimum absolute atomic E-state index is 0. The minimum atomic E-state index is 0. The molecule has 30 heavy (non-hydrogen) atoms. The second kappa shape index (κ2) is 10.6. The summed E-state index contributed by atoms with van der Waals surface area (Å²) in [5.74, 6) is 0. The first-order chi connectivity index (χ1) is 13.8. The lowest BCUT2D eigenvalue weighted by atomic mass is 9.83. The van der Waals surface area contributed by atoms with E-state index in [2.05, 4.69) is 96.3 Å². The van der Waals surface area contributed by atoms with Crippen LogP contribution in [0.15, 0.2) is 72.4 Å². The highest BCUT2D eigenvalue weighted by molar-refractivity contribution is 5.59. The Balaban J connectivity index is 0.000000569. The van der Waals surface area contributed by atoms with Crippen LogP contribution in [0.5, 0.6) is 0 Å². The van der Waals surface area contributed by atoms with Crippen LogP contribution in [0.4, 0.5) is 0 Å². The number of aryl methyl sites for hydroxylation is 1. The van der Waals surface area contributed by atoms with Gasteiger partial charge in [-0.05, 0) is 42.2 Å². The second-order valence-corrected chi connectivity index (χ2v) is 9.90. The molecule has 3 heteroatoms. The number of likely N-dealkylation sites (N-methyl/N-ethyl adjacent to an activating group) is 1. The SMILES string of the molecule is C=C(/C=C(/C)C(=C)C(C)(C)C)CNC.Cn1nc(-c2ccccc2)cc1C(C)(C)C.[HH]. The van der Waals surface area contributed by atoms with Crippen molar-refractivity contribution in [2.75, 3.05) is 13.6 Å². The quantitative estimate of drug-likeness (QED) is 0.542. The predicted octanol–water partition coefficient (Wildman–Crippen LogP) is 6.94. The molecule has 0 saturated heterocycles. The molecule has 2 aromatic rings. The number of hydrogen-bond acceptors (Lipinski definition) is 2. The Morgan fingerprint density at radius 1 is 1.10 bits per heavy atom. The van der Waals surface area contributed by atoms with E-state index in [-0.39, 0.29) is 12.3 Å². The molecule has 0 bridgehead atoms. The lowest BCUT2D eigenvalue weighted by Gasteiger charge is -2.22. The number of nitrogens with one attached hydrogen (secondary N) is 1. The summed E-state index contributed by atoms with van der Waals surface area (Å²) < 4.78 is 1.97. The molecule has 0 aliphatic carbocycles. The number of aromatic nitrogens is 2. The molecule has 2 rings (SSSR count). The molecule has 0 fully saturated rings. The number of benzene rings is 1. The van der Waals surface area contributed by atoms with E-state index >= 15 is 0 Å². The van der Waals surface area contributed by atoms with Gasteiger partial charge >= 0.3 is 0 Å². The van der Waals surface area contributed by atoms with Crippen molar-refractivity contribution in [2.24, 2.45) is 12.5 Å². The van der Waals surface area contributed by atoms with Crippen molar-refractivity contribution in [3.05, 3.63) is 78.0 Å². The average molecular weight is 410 g/mol. The highest BCUT2D eigenvalue weighted by Crippen LogP contribution is 2.29. The molecule has 0 radical (unpaired) electrons. The van der Waals surface area contributed by atoms with Crippen molar-refractivity contribution in [3.8, 4) is 11.3 Å². The Labute approximate surface area is 186 Å². The van der Waals surface area contributed by atoms with Gasteiger partial charge in [0.1, 0.15) is 0 Å². The summed E-state index contributed by atoms with van der Waals surface area (Å²) >= 11 is 0. The van der Waals surface area contributed by atoms with Crippen LogP contribution in [0.3, 0.4) is 0 Å². The van der Waals surface area contributed by atoms with Crippen molar-refractivity contribution >= 4 is 0 Å². The zero-order valence-electron chi connectivity index (χ0n) is 20.6. The summed E-state index contributed by atoms with van der Waals surface area (Å²) in [6.45, 7) is 24.1. The minimum Gasteiger partial charge on any atom is -0.316 e. The number of rotatable bonds is 5. The molecule has 1 N–H and O–H groups in total. The Bertz CT molecular complexity index is 875. The van der Waals surface area contributed by atoms with E-state index in [1.807, 2.05) is 37.0 Å². The van der Waals surface area contributed by atoms with E-state index in [0.29, 0.717) is 0 Å². The molecule has 0 aliphatic heterocycles. The van der Waals surface area contributed by atoms with Gasteiger partial charge in [-0.1, -0.05) is 91.1 Å². The van der Waals surface area contributed by atoms with Crippen molar-refractivity contribution in [3.63, 3.8) is 0 Å². The van der Waals surface area contributed by atoms with Crippen molar-refractivity contribution in [2.45, 2.75) is 53.9 Å². The molecule has 0 aliphatic rings. The molecule has 0 atom stereocenters. The fourth-order valence-electron chi connectivity index (χ4n) is 3.18. The molecule has 0 amide bonds. The smallest absolute Gasteiger partial charge is 0.0926 e. The Morgan fingerprint density at radius 2 is 1.67 bits per heavy atom. The zero-order valence-corrected chi connectivity index (χ0v) is 20.6. The molecule has 1 aromatic heterocycles. The van der Waals surface area contributed by atoms with Gasteiger partial charge in [-0.15, -0.1) is 0 Å². The summed E-state index contributed by atoms with van der Waals surface area (Å²) in [7, 11) is 3.93. The van der Waals surface area contributed by atoms with E-state index in [1.54, 1.807) is 0 Å². The Morgan fingerprint density at radius 3 is 2.10 bits per heavy atom. The van der Waals surface area contributed by atoms with Gasteiger partial charge in [0.05, 0.1) is 5.69 Å². The van der Waals surface area contributed by atoms with Gasteiger partial charge < -0.3 is 5.32 Å². The van der Waals surface area contributed by atoms with Crippen LogP contribution in [0, 0.1) is 5.41 Å². The predicted molar refractivity (Wildman–Crippen MR) is 135 cm³/mol. The van der Waals surface area contributed by atoms with Crippen LogP contribution in [-0.4, -0.2) is 23.4 Å². The van der Waals surface area contributed by atoms with Crippen molar-refractivity contribution in [1.82, 2.24) is 15.1 Å². The van der Waals surface area contributed by atoms with Crippen LogP contribution in [0.1, 0.15) is 55.6 Å². The maximum atomic E-state index is 4.56. The first-order valence-electron chi connectivity index (χ1n) is 10.6. The fourth-order valence-corrected chi connectivity index (χ4v) is 3.18. The number of nitrogens with zero attached hydrogens (tertiary/aromatic N) is 2. The first-order valence-corrected chi connectivity index (χ1v) is 10.6. The number of allylic oxidation sites excluding steroid dienone is 2. The highest BCUT2D eigenvalue weighted by Gasteiger charge is 2.19. The summed E-state index contributed by atoms with van der Waals surface area (Å²) in [6, 6.07) is 12.5. The molecule has 0 saturated carbocycles. The molecule has 0 spiro atoms. The first kappa shape index (κ1) is 25.6. The third-order valence-electron chi connectivity index (χ3n) is 4.92. The normalized spacial score (nSPS) is 12.2. The summed E-state index contributed by atoms with van der Waals surface area (Å²) in [5, 5.41) is 7.64. The third kappa shape index (κ3) is 7.79. The largest absolute Gasteiger partial charge is 0.316 e. The molecule has 0 unspecified atom stereocenters. The van der Waals surface area contributed by atoms with Crippen molar-refractivity contribution in [1.29, 1.82) is 0 Å². The van der Waals surface area contributed by atoms with Gasteiger partial charge in [-0.3, -0.25) is 4.68 Å². The van der Waals surface area contributed by atoms with Crippen LogP contribution >= 0.6 is 0 Å². The Hall–Kier alpha value is -2.39. The zero-order chi connectivity index (χ0) is 23.1. The Kier molecular flexibility index (Phi) is 9.05. The van der Waals surface area contributed by atoms with Gasteiger partial charge in [-0.25, -0.2) is 0 Å². The van der Waals surface area contributed by atoms with Crippen molar-refractivity contribution < 1.29 is 1.43 Å². The maximum Gasteiger partial charge on any atom is 0.0926 e. The lowest BCUT2D eigenvalue weighted by molar-refractivity contribution is 0.512. The summed E-state index contributed by atoms with van der Waals surface area (Å²) in [6.07, 6.45) is 2.10. The van der Waals surface area contributed by atoms with Gasteiger partial charge in [0.25, 0.3) is 0 Å². The molecular weight excluding hydrogens is 366 g/mol. The topological polar surface area (TPSA) is 29.9 Å². The van der Waals surface area contributed by atoms with Crippen LogP contribution in [-0.2, 0) is 12.5 Å². The maximum absolute atomic E-state index is 4.56. The summed E-state index contributed by atoms with van der Waals surface area (Å²) in [5.41, 5.74) is 7.24. The average Bonchev–Trinajstić information content (AvgIpc) is 3.04.